The van der Waals surface area contributed by atoms with E-state index >= 15 is 0 Å². The number of carbonyl (C=O) groups excluding carboxylic acids is 3. The van der Waals surface area contributed by atoms with Gasteiger partial charge in [-0.1, -0.05) is 59.6 Å². The highest BCUT2D eigenvalue weighted by atomic mass is 35.5. The number of carbonyl (C=O) groups is 3. The van der Waals surface area contributed by atoms with E-state index < -0.39 is 11.1 Å². The SMILES string of the molecule is O=C(CN1C(=O)S/C(=C/c2ccc(OCc3ccc(Cl)cc3Cl)cc2)C1=O)N1CCN(c2ccccc2)CC1. The van der Waals surface area contributed by atoms with Crippen LogP contribution in [-0.4, -0.2) is 59.6 Å². The van der Waals surface area contributed by atoms with Crippen molar-refractivity contribution in [2.45, 2.75) is 6.61 Å². The van der Waals surface area contributed by atoms with Crippen molar-refractivity contribution >= 4 is 63.8 Å². The summed E-state index contributed by atoms with van der Waals surface area (Å²) in [7, 11) is 0. The summed E-state index contributed by atoms with van der Waals surface area (Å²) < 4.78 is 5.80. The minimum absolute atomic E-state index is 0.228. The molecule has 2 saturated heterocycles. The molecule has 3 amide bonds. The summed E-state index contributed by atoms with van der Waals surface area (Å²) in [4.78, 5) is 43.7. The number of para-hydroxylation sites is 1. The van der Waals surface area contributed by atoms with E-state index in [4.69, 9.17) is 27.9 Å². The average molecular weight is 583 g/mol. The molecule has 0 atom stereocenters. The number of nitrogens with zero attached hydrogens (tertiary/aromatic N) is 3. The molecule has 3 aromatic rings. The van der Waals surface area contributed by atoms with Gasteiger partial charge in [-0.2, -0.15) is 0 Å². The largest absolute Gasteiger partial charge is 0.489 e. The summed E-state index contributed by atoms with van der Waals surface area (Å²) in [6.45, 7) is 2.50. The number of imide groups is 1. The molecule has 2 aliphatic rings. The average Bonchev–Trinajstić information content (AvgIpc) is 3.21. The van der Waals surface area contributed by atoms with Crippen LogP contribution < -0.4 is 9.64 Å². The Labute approximate surface area is 240 Å². The van der Waals surface area contributed by atoms with Crippen molar-refractivity contribution in [3.63, 3.8) is 0 Å². The third-order valence-electron chi connectivity index (χ3n) is 6.51. The monoisotopic (exact) mass is 581 g/mol. The van der Waals surface area contributed by atoms with Gasteiger partial charge in [0.2, 0.25) is 5.91 Å². The van der Waals surface area contributed by atoms with Gasteiger partial charge in [0, 0.05) is 47.5 Å². The van der Waals surface area contributed by atoms with E-state index in [-0.39, 0.29) is 24.0 Å². The molecule has 0 bridgehead atoms. The maximum Gasteiger partial charge on any atom is 0.294 e. The number of anilines is 1. The van der Waals surface area contributed by atoms with Crippen LogP contribution in [0.4, 0.5) is 10.5 Å². The van der Waals surface area contributed by atoms with Gasteiger partial charge >= 0.3 is 0 Å². The van der Waals surface area contributed by atoms with Crippen LogP contribution in [0.1, 0.15) is 11.1 Å². The van der Waals surface area contributed by atoms with Crippen molar-refractivity contribution in [3.05, 3.63) is 98.9 Å². The molecule has 0 saturated carbocycles. The lowest BCUT2D eigenvalue weighted by Crippen LogP contribution is -2.51. The van der Waals surface area contributed by atoms with E-state index in [0.29, 0.717) is 42.0 Å². The molecule has 0 spiro atoms. The molecule has 5 rings (SSSR count). The highest BCUT2D eigenvalue weighted by molar-refractivity contribution is 8.18. The second kappa shape index (κ2) is 12.2. The zero-order chi connectivity index (χ0) is 27.4. The van der Waals surface area contributed by atoms with E-state index in [1.54, 1.807) is 47.4 Å². The number of halogens is 2. The van der Waals surface area contributed by atoms with Gasteiger partial charge in [0.25, 0.3) is 11.1 Å². The Hall–Kier alpha value is -3.46. The van der Waals surface area contributed by atoms with Crippen molar-refractivity contribution in [1.29, 1.82) is 0 Å². The number of thioether (sulfide) groups is 1. The van der Waals surface area contributed by atoms with E-state index in [9.17, 15) is 14.4 Å². The van der Waals surface area contributed by atoms with Gasteiger partial charge in [0.15, 0.2) is 0 Å². The van der Waals surface area contributed by atoms with E-state index in [0.717, 1.165) is 33.5 Å². The standard InChI is InChI=1S/C29H25Cl2N3O4S/c30-22-9-8-21(25(31)17-22)19-38-24-10-6-20(7-11-24)16-26-28(36)34(29(37)39-26)18-27(35)33-14-12-32(13-15-33)23-4-2-1-3-5-23/h1-11,16-17H,12-15,18-19H2/b26-16+. The zero-order valence-corrected chi connectivity index (χ0v) is 23.2. The molecule has 2 aliphatic heterocycles. The van der Waals surface area contributed by atoms with Crippen molar-refractivity contribution in [2.24, 2.45) is 0 Å². The Morgan fingerprint density at radius 2 is 1.64 bits per heavy atom. The van der Waals surface area contributed by atoms with Gasteiger partial charge in [0.1, 0.15) is 18.9 Å². The lowest BCUT2D eigenvalue weighted by Gasteiger charge is -2.36. The lowest BCUT2D eigenvalue weighted by atomic mass is 10.2. The molecule has 2 fully saturated rings. The van der Waals surface area contributed by atoms with Crippen molar-refractivity contribution in [2.75, 3.05) is 37.6 Å². The topological polar surface area (TPSA) is 70.2 Å². The van der Waals surface area contributed by atoms with Crippen LogP contribution in [-0.2, 0) is 16.2 Å². The fraction of sp³-hybridized carbons (Fsp3) is 0.207. The predicted octanol–water partition coefficient (Wildman–Crippen LogP) is 5.96. The first kappa shape index (κ1) is 27.1. The molecule has 2 heterocycles. The van der Waals surface area contributed by atoms with E-state index in [1.165, 1.54) is 0 Å². The minimum Gasteiger partial charge on any atom is -0.489 e. The quantitative estimate of drug-likeness (QED) is 0.321. The highest BCUT2D eigenvalue weighted by Crippen LogP contribution is 2.32. The maximum atomic E-state index is 12.9. The maximum absolute atomic E-state index is 12.9. The van der Waals surface area contributed by atoms with Gasteiger partial charge < -0.3 is 14.5 Å². The van der Waals surface area contributed by atoms with Crippen molar-refractivity contribution in [3.8, 4) is 5.75 Å². The molecular weight excluding hydrogens is 557 g/mol. The number of piperazine rings is 1. The van der Waals surface area contributed by atoms with Crippen LogP contribution in [0.3, 0.4) is 0 Å². The molecule has 10 heteroatoms. The van der Waals surface area contributed by atoms with Gasteiger partial charge in [0.05, 0.1) is 4.91 Å². The minimum atomic E-state index is -0.459. The van der Waals surface area contributed by atoms with Crippen LogP contribution in [0, 0.1) is 0 Å². The summed E-state index contributed by atoms with van der Waals surface area (Å²) in [6.07, 6.45) is 1.65. The van der Waals surface area contributed by atoms with Crippen LogP contribution in [0.5, 0.6) is 5.75 Å². The molecule has 0 radical (unpaired) electrons. The summed E-state index contributed by atoms with van der Waals surface area (Å²) in [5.74, 6) is -0.0586. The lowest BCUT2D eigenvalue weighted by molar-refractivity contribution is -0.136. The van der Waals surface area contributed by atoms with Gasteiger partial charge in [-0.05, 0) is 59.8 Å². The van der Waals surface area contributed by atoms with Crippen molar-refractivity contribution < 1.29 is 19.1 Å². The van der Waals surface area contributed by atoms with Crippen LogP contribution >= 0.6 is 35.0 Å². The first-order valence-electron chi connectivity index (χ1n) is 12.4. The predicted molar refractivity (Wildman–Crippen MR) is 155 cm³/mol. The van der Waals surface area contributed by atoms with E-state index in [1.807, 2.05) is 36.4 Å². The molecule has 39 heavy (non-hydrogen) atoms. The zero-order valence-electron chi connectivity index (χ0n) is 20.9. The molecular formula is C29H25Cl2N3O4S. The Bertz CT molecular complexity index is 1410. The summed E-state index contributed by atoms with van der Waals surface area (Å²) >= 11 is 13.0. The van der Waals surface area contributed by atoms with Gasteiger partial charge in [-0.3, -0.25) is 19.3 Å². The molecule has 7 nitrogen and oxygen atoms in total. The first-order chi connectivity index (χ1) is 18.9. The Balaban J connectivity index is 1.15. The molecule has 3 aromatic carbocycles. The Morgan fingerprint density at radius 3 is 2.33 bits per heavy atom. The highest BCUT2D eigenvalue weighted by Gasteiger charge is 2.37. The Morgan fingerprint density at radius 1 is 0.923 bits per heavy atom. The summed E-state index contributed by atoms with van der Waals surface area (Å²) in [5, 5.41) is 0.647. The second-order valence-electron chi connectivity index (χ2n) is 9.06. The third-order valence-corrected chi connectivity index (χ3v) is 8.00. The number of rotatable bonds is 7. The molecule has 0 N–H and O–H groups in total. The number of hydrogen-bond acceptors (Lipinski definition) is 6. The molecule has 0 unspecified atom stereocenters. The normalized spacial score (nSPS) is 16.8. The second-order valence-corrected chi connectivity index (χ2v) is 10.9. The smallest absolute Gasteiger partial charge is 0.294 e. The fourth-order valence-corrected chi connectivity index (χ4v) is 5.64. The molecule has 0 aromatic heterocycles. The van der Waals surface area contributed by atoms with Crippen LogP contribution in [0.25, 0.3) is 6.08 Å². The number of benzene rings is 3. The number of amides is 3. The van der Waals surface area contributed by atoms with Gasteiger partial charge in [-0.15, -0.1) is 0 Å². The van der Waals surface area contributed by atoms with Crippen molar-refractivity contribution in [1.82, 2.24) is 9.80 Å². The van der Waals surface area contributed by atoms with E-state index in [2.05, 4.69) is 4.90 Å². The summed E-state index contributed by atoms with van der Waals surface area (Å²) in [5.41, 5.74) is 2.67. The van der Waals surface area contributed by atoms with Gasteiger partial charge in [-0.25, -0.2) is 0 Å². The van der Waals surface area contributed by atoms with Crippen LogP contribution in [0.2, 0.25) is 10.0 Å². The Kier molecular flexibility index (Phi) is 8.45. The molecule has 0 aliphatic carbocycles. The summed E-state index contributed by atoms with van der Waals surface area (Å²) in [6, 6.07) is 22.4. The van der Waals surface area contributed by atoms with Crippen LogP contribution in [0.15, 0.2) is 77.7 Å². The number of hydrogen-bond donors (Lipinski definition) is 0. The number of ether oxygens (including phenoxy) is 1. The first-order valence-corrected chi connectivity index (χ1v) is 13.9. The fourth-order valence-electron chi connectivity index (χ4n) is 4.34. The third kappa shape index (κ3) is 6.58. The molecule has 200 valence electrons.